The van der Waals surface area contributed by atoms with E-state index in [1.807, 2.05) is 11.5 Å². The van der Waals surface area contributed by atoms with Gasteiger partial charge < -0.3 is 14.4 Å². The van der Waals surface area contributed by atoms with Crippen LogP contribution in [0.4, 0.5) is 0 Å². The average molecular weight is 405 g/mol. The first-order chi connectivity index (χ1) is 13.1. The van der Waals surface area contributed by atoms with E-state index >= 15 is 0 Å². The molecule has 0 spiro atoms. The highest BCUT2D eigenvalue weighted by molar-refractivity contribution is 7.91. The SMILES string of the molecule is Cc1cccc(C(=O)OCC(=O)c2cc(C)n([C@@H]3CCS(=O)(=O)C3)c2C)c1O. The Kier molecular flexibility index (Phi) is 5.34. The van der Waals surface area contributed by atoms with Gasteiger partial charge in [-0.2, -0.15) is 0 Å². The smallest absolute Gasteiger partial charge is 0.342 e. The van der Waals surface area contributed by atoms with Crippen molar-refractivity contribution in [3.63, 3.8) is 0 Å². The summed E-state index contributed by atoms with van der Waals surface area (Å²) < 4.78 is 30.5. The Morgan fingerprint density at radius 1 is 1.21 bits per heavy atom. The van der Waals surface area contributed by atoms with Gasteiger partial charge in [-0.25, -0.2) is 13.2 Å². The van der Waals surface area contributed by atoms with Gasteiger partial charge in [0.15, 0.2) is 16.4 Å². The number of phenolic OH excluding ortho intramolecular Hbond substituents is 1. The van der Waals surface area contributed by atoms with Crippen LogP contribution in [0.1, 0.15) is 50.1 Å². The predicted octanol–water partition coefficient (Wildman–Crippen LogP) is 2.52. The molecule has 0 amide bonds. The number of hydrogen-bond donors (Lipinski definition) is 1. The number of rotatable bonds is 5. The summed E-state index contributed by atoms with van der Waals surface area (Å²) in [6.45, 7) is 4.79. The van der Waals surface area contributed by atoms with Crippen molar-refractivity contribution in [3.8, 4) is 5.75 Å². The molecule has 0 unspecified atom stereocenters. The number of benzene rings is 1. The van der Waals surface area contributed by atoms with E-state index in [2.05, 4.69) is 0 Å². The van der Waals surface area contributed by atoms with Crippen LogP contribution >= 0.6 is 0 Å². The molecule has 150 valence electrons. The first-order valence-electron chi connectivity index (χ1n) is 8.98. The van der Waals surface area contributed by atoms with E-state index in [4.69, 9.17) is 4.74 Å². The van der Waals surface area contributed by atoms with E-state index < -0.39 is 22.4 Å². The number of carbonyl (C=O) groups excluding carboxylic acids is 2. The van der Waals surface area contributed by atoms with Gasteiger partial charge in [-0.3, -0.25) is 4.79 Å². The van der Waals surface area contributed by atoms with Crippen molar-refractivity contribution >= 4 is 21.6 Å². The maximum Gasteiger partial charge on any atom is 0.342 e. The minimum absolute atomic E-state index is 0.00874. The lowest BCUT2D eigenvalue weighted by atomic mass is 10.1. The number of carbonyl (C=O) groups is 2. The first-order valence-corrected chi connectivity index (χ1v) is 10.8. The Labute approximate surface area is 163 Å². The van der Waals surface area contributed by atoms with Crippen molar-refractivity contribution in [1.82, 2.24) is 4.57 Å². The Morgan fingerprint density at radius 3 is 2.57 bits per heavy atom. The fourth-order valence-corrected chi connectivity index (χ4v) is 5.41. The molecule has 1 aromatic heterocycles. The zero-order valence-corrected chi connectivity index (χ0v) is 16.9. The molecular weight excluding hydrogens is 382 g/mol. The molecular formula is C20H23NO6S. The monoisotopic (exact) mass is 405 g/mol. The lowest BCUT2D eigenvalue weighted by Gasteiger charge is -2.16. The second-order valence-corrected chi connectivity index (χ2v) is 9.41. The number of para-hydroxylation sites is 1. The summed E-state index contributed by atoms with van der Waals surface area (Å²) in [4.78, 5) is 24.8. The van der Waals surface area contributed by atoms with Crippen LogP contribution in [-0.2, 0) is 14.6 Å². The fraction of sp³-hybridized carbons (Fsp3) is 0.400. The van der Waals surface area contributed by atoms with E-state index in [0.29, 0.717) is 23.2 Å². The Balaban J connectivity index is 1.74. The maximum atomic E-state index is 12.6. The van der Waals surface area contributed by atoms with Crippen molar-refractivity contribution in [2.75, 3.05) is 18.1 Å². The van der Waals surface area contributed by atoms with Crippen LogP contribution in [0.15, 0.2) is 24.3 Å². The van der Waals surface area contributed by atoms with Crippen molar-refractivity contribution in [2.45, 2.75) is 33.2 Å². The third-order valence-corrected chi connectivity index (χ3v) is 6.90. The van der Waals surface area contributed by atoms with Crippen molar-refractivity contribution in [2.24, 2.45) is 0 Å². The summed E-state index contributed by atoms with van der Waals surface area (Å²) in [5, 5.41) is 9.96. The highest BCUT2D eigenvalue weighted by atomic mass is 32.2. The summed E-state index contributed by atoms with van der Waals surface area (Å²) >= 11 is 0. The lowest BCUT2D eigenvalue weighted by molar-refractivity contribution is 0.0471. The molecule has 0 bridgehead atoms. The molecule has 0 saturated carbocycles. The van der Waals surface area contributed by atoms with Crippen LogP contribution in [0.3, 0.4) is 0 Å². The molecule has 1 aromatic carbocycles. The summed E-state index contributed by atoms with van der Waals surface area (Å²) in [6.07, 6.45) is 0.522. The lowest BCUT2D eigenvalue weighted by Crippen LogP contribution is -2.17. The number of phenols is 1. The zero-order valence-electron chi connectivity index (χ0n) is 16.1. The number of sulfone groups is 1. The van der Waals surface area contributed by atoms with Gasteiger partial charge in [-0.05, 0) is 44.9 Å². The molecule has 1 fully saturated rings. The molecule has 8 heteroatoms. The maximum absolute atomic E-state index is 12.6. The van der Waals surface area contributed by atoms with Crippen LogP contribution in [0.2, 0.25) is 0 Å². The van der Waals surface area contributed by atoms with Gasteiger partial charge in [0, 0.05) is 23.0 Å². The second kappa shape index (κ2) is 7.43. The van der Waals surface area contributed by atoms with Crippen molar-refractivity contribution in [3.05, 3.63) is 52.3 Å². The van der Waals surface area contributed by atoms with Gasteiger partial charge in [0.2, 0.25) is 5.78 Å². The van der Waals surface area contributed by atoms with Gasteiger partial charge >= 0.3 is 5.97 Å². The van der Waals surface area contributed by atoms with Crippen LogP contribution in [0, 0.1) is 20.8 Å². The largest absolute Gasteiger partial charge is 0.507 e. The highest BCUT2D eigenvalue weighted by Gasteiger charge is 2.31. The number of ether oxygens (including phenoxy) is 1. The number of hydrogen-bond acceptors (Lipinski definition) is 6. The molecule has 1 aliphatic rings. The molecule has 1 saturated heterocycles. The summed E-state index contributed by atoms with van der Waals surface area (Å²) in [5.41, 5.74) is 2.41. The molecule has 1 aliphatic heterocycles. The van der Waals surface area contributed by atoms with Crippen molar-refractivity contribution in [1.29, 1.82) is 0 Å². The number of esters is 1. The number of aryl methyl sites for hydroxylation is 2. The highest BCUT2D eigenvalue weighted by Crippen LogP contribution is 2.29. The molecule has 0 aliphatic carbocycles. The van der Waals surface area contributed by atoms with Crippen LogP contribution in [-0.4, -0.2) is 48.0 Å². The normalized spacial score (nSPS) is 18.2. The number of nitrogens with zero attached hydrogens (tertiary/aromatic N) is 1. The molecule has 0 radical (unpaired) electrons. The van der Waals surface area contributed by atoms with Gasteiger partial charge in [-0.1, -0.05) is 12.1 Å². The molecule has 1 atom stereocenters. The topological polar surface area (TPSA) is 103 Å². The van der Waals surface area contributed by atoms with E-state index in [9.17, 15) is 23.1 Å². The molecule has 1 N–H and O–H groups in total. The summed E-state index contributed by atoms with van der Waals surface area (Å²) in [7, 11) is -3.05. The van der Waals surface area contributed by atoms with Gasteiger partial charge in [0.1, 0.15) is 11.3 Å². The predicted molar refractivity (Wildman–Crippen MR) is 104 cm³/mol. The van der Waals surface area contributed by atoms with Crippen LogP contribution < -0.4 is 0 Å². The number of aromatic hydroxyl groups is 1. The van der Waals surface area contributed by atoms with Gasteiger partial charge in [0.05, 0.1) is 11.5 Å². The van der Waals surface area contributed by atoms with E-state index in [1.54, 1.807) is 32.0 Å². The molecule has 2 aromatic rings. The summed E-state index contributed by atoms with van der Waals surface area (Å²) in [6, 6.07) is 6.23. The summed E-state index contributed by atoms with van der Waals surface area (Å²) in [5.74, 6) is -1.10. The zero-order chi connectivity index (χ0) is 20.6. The minimum Gasteiger partial charge on any atom is -0.507 e. The van der Waals surface area contributed by atoms with Crippen LogP contribution in [0.25, 0.3) is 0 Å². The Morgan fingerprint density at radius 2 is 1.93 bits per heavy atom. The van der Waals surface area contributed by atoms with Gasteiger partial charge in [0.25, 0.3) is 0 Å². The fourth-order valence-electron chi connectivity index (χ4n) is 3.71. The third-order valence-electron chi connectivity index (χ3n) is 5.15. The third kappa shape index (κ3) is 3.82. The minimum atomic E-state index is -3.05. The van der Waals surface area contributed by atoms with Crippen LogP contribution in [0.5, 0.6) is 5.75 Å². The molecule has 2 heterocycles. The van der Waals surface area contributed by atoms with E-state index in [0.717, 1.165) is 5.69 Å². The van der Waals surface area contributed by atoms with Gasteiger partial charge in [-0.15, -0.1) is 0 Å². The van der Waals surface area contributed by atoms with E-state index in [-0.39, 0.29) is 34.6 Å². The first kappa shape index (κ1) is 20.1. The quantitative estimate of drug-likeness (QED) is 0.606. The van der Waals surface area contributed by atoms with E-state index in [1.165, 1.54) is 6.07 Å². The average Bonchev–Trinajstić information content (AvgIpc) is 3.13. The Hall–Kier alpha value is -2.61. The Bertz CT molecular complexity index is 1050. The second-order valence-electron chi connectivity index (χ2n) is 7.18. The standard InChI is InChI=1S/C20H23NO6S/c1-12-5-4-6-16(19(12)23)20(24)27-10-18(22)17-9-13(2)21(14(17)3)15-7-8-28(25,26)11-15/h4-6,9,15,23H,7-8,10-11H2,1-3H3/t15-/m1/s1. The molecule has 3 rings (SSSR count). The molecule has 28 heavy (non-hydrogen) atoms. The number of aromatic nitrogens is 1. The number of Topliss-reactive ketones (excluding diaryl/α,β-unsaturated/α-hetero) is 1. The van der Waals surface area contributed by atoms with Crippen molar-refractivity contribution < 1.29 is 27.9 Å². The number of ketones is 1. The molecule has 7 nitrogen and oxygen atoms in total.